The largest absolute Gasteiger partial charge is 0.355 e. The summed E-state index contributed by atoms with van der Waals surface area (Å²) in [6.45, 7) is 2.91. The quantitative estimate of drug-likeness (QED) is 0.828. The van der Waals surface area contributed by atoms with Crippen molar-refractivity contribution in [2.45, 2.75) is 19.3 Å². The molecule has 0 bridgehead atoms. The highest BCUT2D eigenvalue weighted by atomic mass is 35.5. The molecule has 0 aromatic heterocycles. The first-order valence-electron chi connectivity index (χ1n) is 8.54. The lowest BCUT2D eigenvalue weighted by molar-refractivity contribution is -0.126. The molecule has 2 aromatic rings. The molecular formula is C20H20Cl2N2O2. The monoisotopic (exact) mass is 390 g/mol. The molecule has 2 amide bonds. The van der Waals surface area contributed by atoms with Crippen LogP contribution in [0.5, 0.6) is 0 Å². The van der Waals surface area contributed by atoms with Crippen molar-refractivity contribution in [1.29, 1.82) is 0 Å². The minimum atomic E-state index is -0.388. The zero-order valence-corrected chi connectivity index (χ0v) is 15.9. The van der Waals surface area contributed by atoms with Crippen LogP contribution >= 0.6 is 23.2 Å². The fourth-order valence-corrected chi connectivity index (χ4v) is 3.51. The number of halogens is 2. The third kappa shape index (κ3) is 4.02. The van der Waals surface area contributed by atoms with Crippen LogP contribution in [0.2, 0.25) is 10.0 Å². The van der Waals surface area contributed by atoms with E-state index in [1.54, 1.807) is 23.1 Å². The fraction of sp³-hybridized carbons (Fsp3) is 0.300. The van der Waals surface area contributed by atoms with Crippen LogP contribution in [0.15, 0.2) is 48.5 Å². The van der Waals surface area contributed by atoms with Gasteiger partial charge >= 0.3 is 0 Å². The van der Waals surface area contributed by atoms with Gasteiger partial charge in [0.1, 0.15) is 0 Å². The van der Waals surface area contributed by atoms with E-state index in [9.17, 15) is 9.59 Å². The van der Waals surface area contributed by atoms with E-state index in [2.05, 4.69) is 12.2 Å². The van der Waals surface area contributed by atoms with Gasteiger partial charge in [0.25, 0.3) is 0 Å². The van der Waals surface area contributed by atoms with E-state index in [1.807, 2.05) is 30.3 Å². The predicted molar refractivity (Wildman–Crippen MR) is 105 cm³/mol. The summed E-state index contributed by atoms with van der Waals surface area (Å²) < 4.78 is 0. The topological polar surface area (TPSA) is 49.4 Å². The van der Waals surface area contributed by atoms with Crippen LogP contribution in [-0.4, -0.2) is 24.9 Å². The molecule has 1 fully saturated rings. The Hall–Kier alpha value is -2.04. The van der Waals surface area contributed by atoms with Crippen LogP contribution in [0.1, 0.15) is 24.8 Å². The normalized spacial score (nSPS) is 18.0. The number of amides is 2. The number of carbonyl (C=O) groups is 2. The van der Waals surface area contributed by atoms with Crippen LogP contribution < -0.4 is 10.2 Å². The van der Waals surface area contributed by atoms with Gasteiger partial charge in [-0.25, -0.2) is 0 Å². The van der Waals surface area contributed by atoms with Crippen molar-refractivity contribution < 1.29 is 9.59 Å². The van der Waals surface area contributed by atoms with Crippen molar-refractivity contribution in [2.24, 2.45) is 5.92 Å². The van der Waals surface area contributed by atoms with Gasteiger partial charge in [-0.1, -0.05) is 66.5 Å². The summed E-state index contributed by atoms with van der Waals surface area (Å²) in [5, 5.41) is 3.69. The van der Waals surface area contributed by atoms with Crippen molar-refractivity contribution in [3.05, 3.63) is 64.1 Å². The van der Waals surface area contributed by atoms with E-state index in [-0.39, 0.29) is 30.1 Å². The van der Waals surface area contributed by atoms with Gasteiger partial charge in [0.15, 0.2) is 0 Å². The van der Waals surface area contributed by atoms with E-state index in [0.717, 1.165) is 0 Å². The predicted octanol–water partition coefficient (Wildman–Crippen LogP) is 4.27. The lowest BCUT2D eigenvalue weighted by atomic mass is 10.0. The number of benzene rings is 2. The van der Waals surface area contributed by atoms with Crippen LogP contribution in [0, 0.1) is 5.92 Å². The molecule has 1 saturated heterocycles. The molecule has 0 aliphatic carbocycles. The Morgan fingerprint density at radius 1 is 1.19 bits per heavy atom. The zero-order valence-electron chi connectivity index (χ0n) is 14.4. The van der Waals surface area contributed by atoms with Crippen molar-refractivity contribution in [3.63, 3.8) is 0 Å². The molecule has 1 aliphatic rings. The Morgan fingerprint density at radius 3 is 2.65 bits per heavy atom. The van der Waals surface area contributed by atoms with Crippen LogP contribution in [-0.2, 0) is 9.59 Å². The smallest absolute Gasteiger partial charge is 0.227 e. The summed E-state index contributed by atoms with van der Waals surface area (Å²) in [5.41, 5.74) is 1.72. The molecule has 0 radical (unpaired) electrons. The summed E-state index contributed by atoms with van der Waals surface area (Å²) in [6, 6.07) is 15.2. The van der Waals surface area contributed by atoms with Gasteiger partial charge in [-0.05, 0) is 23.6 Å². The number of hydrogen-bond acceptors (Lipinski definition) is 2. The van der Waals surface area contributed by atoms with E-state index in [1.165, 1.54) is 5.56 Å². The van der Waals surface area contributed by atoms with Gasteiger partial charge in [0.2, 0.25) is 11.8 Å². The second kappa shape index (κ2) is 8.11. The first-order valence-corrected chi connectivity index (χ1v) is 9.30. The highest BCUT2D eigenvalue weighted by Gasteiger charge is 2.36. The summed E-state index contributed by atoms with van der Waals surface area (Å²) in [6.07, 6.45) is 0.175. The van der Waals surface area contributed by atoms with Crippen molar-refractivity contribution in [3.8, 4) is 0 Å². The van der Waals surface area contributed by atoms with Crippen molar-refractivity contribution in [1.82, 2.24) is 5.32 Å². The number of nitrogens with zero attached hydrogens (tertiary/aromatic N) is 1. The highest BCUT2D eigenvalue weighted by molar-refractivity contribution is 6.44. The molecule has 0 unspecified atom stereocenters. The molecule has 3 rings (SSSR count). The van der Waals surface area contributed by atoms with E-state index in [0.29, 0.717) is 28.8 Å². The minimum Gasteiger partial charge on any atom is -0.355 e. The first-order chi connectivity index (χ1) is 12.5. The average Bonchev–Trinajstić information content (AvgIpc) is 3.04. The second-order valence-corrected chi connectivity index (χ2v) is 7.32. The number of rotatable bonds is 5. The maximum Gasteiger partial charge on any atom is 0.227 e. The SMILES string of the molecule is C[C@H](CNC(=O)[C@@H]1CC(=O)N(c2cccc(Cl)c2Cl)C1)c1ccccc1. The molecule has 2 atom stereocenters. The summed E-state index contributed by atoms with van der Waals surface area (Å²) >= 11 is 12.2. The second-order valence-electron chi connectivity index (χ2n) is 6.54. The third-order valence-corrected chi connectivity index (χ3v) is 5.48. The Morgan fingerprint density at radius 2 is 1.92 bits per heavy atom. The van der Waals surface area contributed by atoms with Gasteiger partial charge in [0.05, 0.1) is 21.7 Å². The fourth-order valence-electron chi connectivity index (χ4n) is 3.11. The zero-order chi connectivity index (χ0) is 18.7. The Bertz CT molecular complexity index is 811. The highest BCUT2D eigenvalue weighted by Crippen LogP contribution is 2.35. The number of hydrogen-bond donors (Lipinski definition) is 1. The molecule has 136 valence electrons. The minimum absolute atomic E-state index is 0.109. The maximum atomic E-state index is 12.5. The van der Waals surface area contributed by atoms with E-state index < -0.39 is 0 Å². The molecule has 1 heterocycles. The maximum absolute atomic E-state index is 12.5. The Labute approximate surface area is 163 Å². The summed E-state index contributed by atoms with van der Waals surface area (Å²) in [4.78, 5) is 26.4. The standard InChI is InChI=1S/C20H20Cl2N2O2/c1-13(14-6-3-2-4-7-14)11-23-20(26)15-10-18(25)24(12-15)17-9-5-8-16(21)19(17)22/h2-9,13,15H,10-12H2,1H3,(H,23,26)/t13-,15-/m1/s1. The molecule has 0 spiro atoms. The van der Waals surface area contributed by atoms with Crippen LogP contribution in [0.4, 0.5) is 5.69 Å². The lowest BCUT2D eigenvalue weighted by Gasteiger charge is -2.19. The molecule has 2 aromatic carbocycles. The van der Waals surface area contributed by atoms with Crippen molar-refractivity contribution >= 4 is 40.7 Å². The molecule has 1 N–H and O–H groups in total. The van der Waals surface area contributed by atoms with Crippen LogP contribution in [0.25, 0.3) is 0 Å². The molecule has 26 heavy (non-hydrogen) atoms. The first kappa shape index (κ1) is 18.7. The molecule has 6 heteroatoms. The van der Waals surface area contributed by atoms with E-state index in [4.69, 9.17) is 23.2 Å². The summed E-state index contributed by atoms with van der Waals surface area (Å²) in [7, 11) is 0. The lowest BCUT2D eigenvalue weighted by Crippen LogP contribution is -2.35. The van der Waals surface area contributed by atoms with Crippen LogP contribution in [0.3, 0.4) is 0 Å². The van der Waals surface area contributed by atoms with Gasteiger partial charge in [-0.2, -0.15) is 0 Å². The Balaban J connectivity index is 1.61. The molecule has 4 nitrogen and oxygen atoms in total. The molecule has 1 aliphatic heterocycles. The van der Waals surface area contributed by atoms with Gasteiger partial charge in [-0.15, -0.1) is 0 Å². The number of carbonyl (C=O) groups excluding carboxylic acids is 2. The molecular weight excluding hydrogens is 371 g/mol. The van der Waals surface area contributed by atoms with Gasteiger partial charge in [0, 0.05) is 19.5 Å². The average molecular weight is 391 g/mol. The Kier molecular flexibility index (Phi) is 5.84. The number of nitrogens with one attached hydrogen (secondary N) is 1. The van der Waals surface area contributed by atoms with Crippen molar-refractivity contribution in [2.75, 3.05) is 18.0 Å². The van der Waals surface area contributed by atoms with E-state index >= 15 is 0 Å². The molecule has 0 saturated carbocycles. The third-order valence-electron chi connectivity index (χ3n) is 4.67. The van der Waals surface area contributed by atoms with Gasteiger partial charge in [-0.3, -0.25) is 9.59 Å². The number of anilines is 1. The summed E-state index contributed by atoms with van der Waals surface area (Å²) in [5.74, 6) is -0.413. The van der Waals surface area contributed by atoms with Gasteiger partial charge < -0.3 is 10.2 Å².